The van der Waals surface area contributed by atoms with Crippen LogP contribution in [0.5, 0.6) is 0 Å². The molecular weight excluding hydrogens is 274 g/mol. The van der Waals surface area contributed by atoms with E-state index in [1.54, 1.807) is 12.1 Å². The molecule has 20 heavy (non-hydrogen) atoms. The second-order valence-corrected chi connectivity index (χ2v) is 5.18. The van der Waals surface area contributed by atoms with Gasteiger partial charge in [0.05, 0.1) is 10.6 Å². The third-order valence-corrected chi connectivity index (χ3v) is 3.95. The van der Waals surface area contributed by atoms with Crippen molar-refractivity contribution in [2.45, 2.75) is 6.92 Å². The molecule has 0 N–H and O–H groups in total. The first-order chi connectivity index (χ1) is 9.68. The summed E-state index contributed by atoms with van der Waals surface area (Å²) >= 11 is 1.32. The Labute approximate surface area is 118 Å². The number of aryl methyl sites for hydroxylation is 1. The molecule has 1 aromatic carbocycles. The summed E-state index contributed by atoms with van der Waals surface area (Å²) in [5, 5.41) is 5.83. The van der Waals surface area contributed by atoms with Gasteiger partial charge in [0, 0.05) is 0 Å². The maximum absolute atomic E-state index is 12.3. The lowest BCUT2D eigenvalue weighted by atomic mass is 10.3. The summed E-state index contributed by atoms with van der Waals surface area (Å²) in [5.74, 6) is -0.343. The molecule has 0 saturated carbocycles. The topological polar surface area (TPSA) is 56.9 Å². The zero-order valence-corrected chi connectivity index (χ0v) is 11.5. The molecule has 0 spiro atoms. The molecule has 3 aromatic rings. The SMILES string of the molecule is Cc1ccsc1C(=O)n1cnn(-c2ccccc2)c1=O. The number of carbonyl (C=O) groups is 1. The van der Waals surface area contributed by atoms with Crippen LogP contribution in [0.2, 0.25) is 0 Å². The van der Waals surface area contributed by atoms with E-state index in [9.17, 15) is 9.59 Å². The van der Waals surface area contributed by atoms with E-state index < -0.39 is 5.69 Å². The van der Waals surface area contributed by atoms with Crippen LogP contribution in [0.4, 0.5) is 0 Å². The summed E-state index contributed by atoms with van der Waals surface area (Å²) in [6, 6.07) is 10.9. The Morgan fingerprint density at radius 1 is 1.20 bits per heavy atom. The molecule has 5 nitrogen and oxygen atoms in total. The Hall–Kier alpha value is -2.47. The summed E-state index contributed by atoms with van der Waals surface area (Å²) < 4.78 is 2.24. The fourth-order valence-corrected chi connectivity index (χ4v) is 2.75. The van der Waals surface area contributed by atoms with Crippen LogP contribution in [-0.4, -0.2) is 20.3 Å². The molecule has 0 unspecified atom stereocenters. The number of hydrogen-bond donors (Lipinski definition) is 0. The van der Waals surface area contributed by atoms with E-state index in [1.807, 2.05) is 36.6 Å². The molecule has 2 aromatic heterocycles. The van der Waals surface area contributed by atoms with Gasteiger partial charge in [-0.2, -0.15) is 9.78 Å². The van der Waals surface area contributed by atoms with Crippen molar-refractivity contribution >= 4 is 17.2 Å². The van der Waals surface area contributed by atoms with Gasteiger partial charge in [0.1, 0.15) is 6.33 Å². The average Bonchev–Trinajstić information content (AvgIpc) is 3.05. The zero-order valence-electron chi connectivity index (χ0n) is 10.7. The van der Waals surface area contributed by atoms with Crippen LogP contribution in [0.15, 0.2) is 52.9 Å². The lowest BCUT2D eigenvalue weighted by Crippen LogP contribution is -2.28. The zero-order chi connectivity index (χ0) is 14.1. The summed E-state index contributed by atoms with van der Waals surface area (Å²) in [6.07, 6.45) is 1.26. The van der Waals surface area contributed by atoms with Gasteiger partial charge in [0.25, 0.3) is 5.91 Å². The van der Waals surface area contributed by atoms with Gasteiger partial charge in [-0.1, -0.05) is 18.2 Å². The van der Waals surface area contributed by atoms with Crippen LogP contribution in [0.3, 0.4) is 0 Å². The molecule has 0 atom stereocenters. The molecule has 0 aliphatic rings. The largest absolute Gasteiger partial charge is 0.357 e. The van der Waals surface area contributed by atoms with Gasteiger partial charge in [-0.15, -0.1) is 11.3 Å². The van der Waals surface area contributed by atoms with E-state index in [2.05, 4.69) is 5.10 Å². The molecule has 100 valence electrons. The summed E-state index contributed by atoms with van der Waals surface area (Å²) in [5.41, 5.74) is 1.03. The second-order valence-electron chi connectivity index (χ2n) is 4.27. The molecule has 0 bridgehead atoms. The third-order valence-electron chi connectivity index (χ3n) is 2.95. The molecule has 0 amide bonds. The van der Waals surface area contributed by atoms with Gasteiger partial charge in [-0.05, 0) is 36.1 Å². The van der Waals surface area contributed by atoms with E-state index >= 15 is 0 Å². The summed E-state index contributed by atoms with van der Waals surface area (Å²) in [6.45, 7) is 1.84. The van der Waals surface area contributed by atoms with Crippen LogP contribution < -0.4 is 5.69 Å². The fraction of sp³-hybridized carbons (Fsp3) is 0.0714. The number of thiophene rings is 1. The molecule has 0 aliphatic heterocycles. The lowest BCUT2D eigenvalue weighted by molar-refractivity contribution is 0.0959. The number of benzene rings is 1. The quantitative estimate of drug-likeness (QED) is 0.724. The first-order valence-electron chi connectivity index (χ1n) is 5.99. The van der Waals surface area contributed by atoms with Crippen LogP contribution in [0.25, 0.3) is 5.69 Å². The monoisotopic (exact) mass is 285 g/mol. The van der Waals surface area contributed by atoms with Crippen molar-refractivity contribution in [3.05, 3.63) is 69.0 Å². The van der Waals surface area contributed by atoms with Crippen LogP contribution in [0.1, 0.15) is 15.2 Å². The van der Waals surface area contributed by atoms with Gasteiger partial charge in [0.15, 0.2) is 0 Å². The Bertz CT molecular complexity index is 814. The predicted octanol–water partition coefficient (Wildman–Crippen LogP) is 2.09. The smallest absolute Gasteiger partial charge is 0.267 e. The van der Waals surface area contributed by atoms with Gasteiger partial charge < -0.3 is 0 Å². The third kappa shape index (κ3) is 2.00. The van der Waals surface area contributed by atoms with Crippen molar-refractivity contribution in [2.75, 3.05) is 0 Å². The Morgan fingerprint density at radius 2 is 1.95 bits per heavy atom. The molecular formula is C14H11N3O2S. The van der Waals surface area contributed by atoms with Crippen LogP contribution >= 0.6 is 11.3 Å². The van der Waals surface area contributed by atoms with E-state index in [4.69, 9.17) is 0 Å². The Kier molecular flexibility index (Phi) is 3.08. The molecule has 0 aliphatic carbocycles. The van der Waals surface area contributed by atoms with E-state index in [0.29, 0.717) is 10.6 Å². The molecule has 2 heterocycles. The number of hydrogen-bond acceptors (Lipinski definition) is 4. The van der Waals surface area contributed by atoms with Crippen LogP contribution in [-0.2, 0) is 0 Å². The highest BCUT2D eigenvalue weighted by Crippen LogP contribution is 2.16. The average molecular weight is 285 g/mol. The van der Waals surface area contributed by atoms with E-state index in [0.717, 1.165) is 10.1 Å². The highest BCUT2D eigenvalue weighted by atomic mass is 32.1. The normalized spacial score (nSPS) is 10.7. The second kappa shape index (κ2) is 4.90. The van der Waals surface area contributed by atoms with Crippen molar-refractivity contribution in [1.82, 2.24) is 14.3 Å². The number of aromatic nitrogens is 3. The van der Waals surface area contributed by atoms with Gasteiger partial charge in [-0.3, -0.25) is 4.79 Å². The maximum Gasteiger partial charge on any atom is 0.357 e. The van der Waals surface area contributed by atoms with Crippen molar-refractivity contribution in [3.8, 4) is 5.69 Å². The number of rotatable bonds is 2. The van der Waals surface area contributed by atoms with Crippen molar-refractivity contribution in [2.24, 2.45) is 0 Å². The first kappa shape index (κ1) is 12.6. The molecule has 0 saturated heterocycles. The summed E-state index contributed by atoms with van der Waals surface area (Å²) in [4.78, 5) is 25.1. The summed E-state index contributed by atoms with van der Waals surface area (Å²) in [7, 11) is 0. The van der Waals surface area contributed by atoms with Gasteiger partial charge >= 0.3 is 5.69 Å². The van der Waals surface area contributed by atoms with Crippen molar-refractivity contribution < 1.29 is 4.79 Å². The fourth-order valence-electron chi connectivity index (χ4n) is 1.89. The first-order valence-corrected chi connectivity index (χ1v) is 6.87. The van der Waals surface area contributed by atoms with Gasteiger partial charge in [-0.25, -0.2) is 9.36 Å². The molecule has 6 heteroatoms. The van der Waals surface area contributed by atoms with Crippen molar-refractivity contribution in [3.63, 3.8) is 0 Å². The standard InChI is InChI=1S/C14H11N3O2S/c1-10-7-8-20-12(10)13(18)16-9-15-17(14(16)19)11-5-3-2-4-6-11/h2-9H,1H3. The Balaban J connectivity index is 2.06. The minimum absolute atomic E-state index is 0.343. The number of carbonyl (C=O) groups excluding carboxylic acids is 1. The highest BCUT2D eigenvalue weighted by Gasteiger charge is 2.17. The number of para-hydroxylation sites is 1. The predicted molar refractivity (Wildman–Crippen MR) is 76.6 cm³/mol. The van der Waals surface area contributed by atoms with E-state index in [1.165, 1.54) is 22.3 Å². The van der Waals surface area contributed by atoms with E-state index in [-0.39, 0.29) is 5.91 Å². The Morgan fingerprint density at radius 3 is 2.60 bits per heavy atom. The molecule has 3 rings (SSSR count). The minimum atomic E-state index is -0.464. The molecule has 0 fully saturated rings. The minimum Gasteiger partial charge on any atom is -0.267 e. The number of nitrogens with zero attached hydrogens (tertiary/aromatic N) is 3. The molecule has 0 radical (unpaired) electrons. The highest BCUT2D eigenvalue weighted by molar-refractivity contribution is 7.12. The van der Waals surface area contributed by atoms with Crippen molar-refractivity contribution in [1.29, 1.82) is 0 Å². The lowest BCUT2D eigenvalue weighted by Gasteiger charge is -1.99. The maximum atomic E-state index is 12.3. The van der Waals surface area contributed by atoms with Gasteiger partial charge in [0.2, 0.25) is 0 Å². The van der Waals surface area contributed by atoms with Crippen LogP contribution in [0, 0.1) is 6.92 Å².